The Balaban J connectivity index is 1.59. The Morgan fingerprint density at radius 2 is 2.16 bits per heavy atom. The van der Waals surface area contributed by atoms with Crippen molar-refractivity contribution in [1.82, 2.24) is 10.3 Å². The van der Waals surface area contributed by atoms with Gasteiger partial charge in [-0.2, -0.15) is 0 Å². The molecule has 1 aromatic carbocycles. The molecule has 2 nitrogen and oxygen atoms in total. The lowest BCUT2D eigenvalue weighted by Gasteiger charge is -2.26. The Morgan fingerprint density at radius 1 is 1.21 bits per heavy atom. The molecule has 0 radical (unpaired) electrons. The zero-order valence-corrected chi connectivity index (χ0v) is 11.7. The fourth-order valence-corrected chi connectivity index (χ4v) is 3.62. The van der Waals surface area contributed by atoms with Gasteiger partial charge in [-0.15, -0.1) is 11.8 Å². The van der Waals surface area contributed by atoms with Crippen LogP contribution in [0.2, 0.25) is 0 Å². The molecule has 3 rings (SSSR count). The van der Waals surface area contributed by atoms with Crippen LogP contribution in [0, 0.1) is 0 Å². The predicted octanol–water partition coefficient (Wildman–Crippen LogP) is 3.45. The number of benzene rings is 1. The number of nitrogens with one attached hydrogen (secondary N) is 1. The molecule has 19 heavy (non-hydrogen) atoms. The number of nitrogens with zero attached hydrogens (tertiary/aromatic N) is 1. The Morgan fingerprint density at radius 3 is 3.05 bits per heavy atom. The van der Waals surface area contributed by atoms with Crippen molar-refractivity contribution in [3.63, 3.8) is 0 Å². The number of hydrogen-bond donors (Lipinski definition) is 1. The van der Waals surface area contributed by atoms with Crippen molar-refractivity contribution < 1.29 is 0 Å². The van der Waals surface area contributed by atoms with Crippen LogP contribution in [-0.4, -0.2) is 17.3 Å². The summed E-state index contributed by atoms with van der Waals surface area (Å²) in [6.07, 6.45) is 6.03. The molecule has 98 valence electrons. The lowest BCUT2D eigenvalue weighted by atomic mass is 10.0. The van der Waals surface area contributed by atoms with Crippen LogP contribution < -0.4 is 5.32 Å². The zero-order valence-electron chi connectivity index (χ0n) is 10.9. The molecule has 0 bridgehead atoms. The smallest absolute Gasteiger partial charge is 0.0339 e. The minimum atomic E-state index is 0.508. The third-order valence-electron chi connectivity index (χ3n) is 3.49. The van der Waals surface area contributed by atoms with Gasteiger partial charge in [-0.05, 0) is 48.4 Å². The van der Waals surface area contributed by atoms with Crippen molar-refractivity contribution in [2.24, 2.45) is 0 Å². The van der Waals surface area contributed by atoms with Crippen molar-refractivity contribution in [2.45, 2.75) is 23.8 Å². The van der Waals surface area contributed by atoms with Gasteiger partial charge >= 0.3 is 0 Å². The van der Waals surface area contributed by atoms with Crippen molar-refractivity contribution in [3.8, 4) is 0 Å². The van der Waals surface area contributed by atoms with Gasteiger partial charge in [0.2, 0.25) is 0 Å². The predicted molar refractivity (Wildman–Crippen MR) is 80.5 cm³/mol. The van der Waals surface area contributed by atoms with Crippen LogP contribution in [0.3, 0.4) is 0 Å². The minimum Gasteiger partial charge on any atom is -0.310 e. The van der Waals surface area contributed by atoms with E-state index < -0.39 is 0 Å². The van der Waals surface area contributed by atoms with Gasteiger partial charge in [0.25, 0.3) is 0 Å². The fraction of sp³-hybridized carbons (Fsp3) is 0.312. The lowest BCUT2D eigenvalue weighted by molar-refractivity contribution is 0.513. The van der Waals surface area contributed by atoms with Crippen molar-refractivity contribution >= 4 is 11.8 Å². The third kappa shape index (κ3) is 3.17. The summed E-state index contributed by atoms with van der Waals surface area (Å²) in [6.45, 7) is 1.01. The molecule has 1 aliphatic rings. The monoisotopic (exact) mass is 270 g/mol. The van der Waals surface area contributed by atoms with Crippen molar-refractivity contribution in [3.05, 3.63) is 59.9 Å². The van der Waals surface area contributed by atoms with E-state index in [0.29, 0.717) is 6.04 Å². The van der Waals surface area contributed by atoms with Gasteiger partial charge < -0.3 is 5.32 Å². The van der Waals surface area contributed by atoms with Gasteiger partial charge in [-0.1, -0.05) is 24.3 Å². The second-order valence-corrected chi connectivity index (χ2v) is 5.93. The SMILES string of the molecule is c1cncc(CCNC2CCSc3ccccc32)c1. The molecular formula is C16H18N2S. The number of rotatable bonds is 4. The highest BCUT2D eigenvalue weighted by atomic mass is 32.2. The summed E-state index contributed by atoms with van der Waals surface area (Å²) < 4.78 is 0. The van der Waals surface area contributed by atoms with E-state index in [0.717, 1.165) is 13.0 Å². The van der Waals surface area contributed by atoms with Crippen LogP contribution in [0.1, 0.15) is 23.6 Å². The first-order valence-electron chi connectivity index (χ1n) is 6.77. The summed E-state index contributed by atoms with van der Waals surface area (Å²) in [5, 5.41) is 3.69. The first-order chi connectivity index (χ1) is 9.43. The number of pyridine rings is 1. The molecule has 1 unspecified atom stereocenters. The Hall–Kier alpha value is -1.32. The van der Waals surface area contributed by atoms with Crippen LogP contribution in [0.25, 0.3) is 0 Å². The van der Waals surface area contributed by atoms with E-state index in [1.54, 1.807) is 0 Å². The molecule has 1 aliphatic heterocycles. The van der Waals surface area contributed by atoms with E-state index >= 15 is 0 Å². The van der Waals surface area contributed by atoms with E-state index in [-0.39, 0.29) is 0 Å². The number of thioether (sulfide) groups is 1. The lowest BCUT2D eigenvalue weighted by Crippen LogP contribution is -2.26. The average Bonchev–Trinajstić information content (AvgIpc) is 2.49. The Kier molecular flexibility index (Phi) is 4.16. The topological polar surface area (TPSA) is 24.9 Å². The van der Waals surface area contributed by atoms with E-state index in [1.165, 1.54) is 28.2 Å². The molecule has 3 heteroatoms. The standard InChI is InChI=1S/C16H18N2S/c1-2-6-16-14(5-1)15(8-11-19-16)18-10-7-13-4-3-9-17-12-13/h1-6,9,12,15,18H,7-8,10-11H2. The molecule has 0 fully saturated rings. The highest BCUT2D eigenvalue weighted by molar-refractivity contribution is 7.99. The molecule has 0 spiro atoms. The van der Waals surface area contributed by atoms with E-state index in [1.807, 2.05) is 30.2 Å². The van der Waals surface area contributed by atoms with Crippen LogP contribution in [0.15, 0.2) is 53.7 Å². The fourth-order valence-electron chi connectivity index (χ4n) is 2.49. The zero-order chi connectivity index (χ0) is 12.9. The largest absolute Gasteiger partial charge is 0.310 e. The van der Waals surface area contributed by atoms with Gasteiger partial charge in [0.05, 0.1) is 0 Å². The first-order valence-corrected chi connectivity index (χ1v) is 7.76. The first kappa shape index (κ1) is 12.7. The highest BCUT2D eigenvalue weighted by Gasteiger charge is 2.19. The van der Waals surface area contributed by atoms with E-state index in [9.17, 15) is 0 Å². The van der Waals surface area contributed by atoms with E-state index in [4.69, 9.17) is 0 Å². The molecule has 0 saturated heterocycles. The Labute approximate surface area is 118 Å². The molecule has 1 atom stereocenters. The maximum atomic E-state index is 4.15. The van der Waals surface area contributed by atoms with Crippen molar-refractivity contribution in [1.29, 1.82) is 0 Å². The summed E-state index contributed by atoms with van der Waals surface area (Å²) in [6, 6.07) is 13.4. The van der Waals surface area contributed by atoms with Gasteiger partial charge in [0, 0.05) is 23.3 Å². The van der Waals surface area contributed by atoms with Gasteiger partial charge in [-0.25, -0.2) is 0 Å². The minimum absolute atomic E-state index is 0.508. The van der Waals surface area contributed by atoms with Gasteiger partial charge in [0.15, 0.2) is 0 Å². The summed E-state index contributed by atoms with van der Waals surface area (Å²) in [4.78, 5) is 5.59. The van der Waals surface area contributed by atoms with E-state index in [2.05, 4.69) is 40.6 Å². The summed E-state index contributed by atoms with van der Waals surface area (Å²) in [7, 11) is 0. The van der Waals surface area contributed by atoms with Crippen LogP contribution in [-0.2, 0) is 6.42 Å². The quantitative estimate of drug-likeness (QED) is 0.921. The molecule has 2 aromatic rings. The summed E-state index contributed by atoms with van der Waals surface area (Å²) in [5.41, 5.74) is 2.76. The molecule has 0 amide bonds. The number of aromatic nitrogens is 1. The maximum absolute atomic E-state index is 4.15. The normalized spacial score (nSPS) is 18.0. The summed E-state index contributed by atoms with van der Waals surface area (Å²) >= 11 is 1.97. The number of fused-ring (bicyclic) bond motifs is 1. The van der Waals surface area contributed by atoms with Crippen molar-refractivity contribution in [2.75, 3.05) is 12.3 Å². The third-order valence-corrected chi connectivity index (χ3v) is 4.61. The molecule has 1 N–H and O–H groups in total. The number of hydrogen-bond acceptors (Lipinski definition) is 3. The highest BCUT2D eigenvalue weighted by Crippen LogP contribution is 2.35. The maximum Gasteiger partial charge on any atom is 0.0339 e. The average molecular weight is 270 g/mol. The van der Waals surface area contributed by atoms with Crippen LogP contribution in [0.4, 0.5) is 0 Å². The van der Waals surface area contributed by atoms with Gasteiger partial charge in [-0.3, -0.25) is 4.98 Å². The molecule has 0 saturated carbocycles. The molecular weight excluding hydrogens is 252 g/mol. The van der Waals surface area contributed by atoms with Crippen LogP contribution >= 0.6 is 11.8 Å². The molecule has 1 aromatic heterocycles. The van der Waals surface area contributed by atoms with Gasteiger partial charge in [0.1, 0.15) is 0 Å². The Bertz CT molecular complexity index is 527. The second kappa shape index (κ2) is 6.22. The van der Waals surface area contributed by atoms with Crippen LogP contribution in [0.5, 0.6) is 0 Å². The molecule has 2 heterocycles. The molecule has 0 aliphatic carbocycles. The second-order valence-electron chi connectivity index (χ2n) is 4.79. The summed E-state index contributed by atoms with van der Waals surface area (Å²) in [5.74, 6) is 1.21.